The molecule has 4 nitrogen and oxygen atoms in total. The van der Waals surface area contributed by atoms with Gasteiger partial charge in [0.25, 0.3) is 0 Å². The van der Waals surface area contributed by atoms with E-state index in [9.17, 15) is 4.79 Å². The molecule has 2 heterocycles. The molecule has 0 spiro atoms. The van der Waals surface area contributed by atoms with E-state index in [2.05, 4.69) is 9.88 Å². The van der Waals surface area contributed by atoms with Gasteiger partial charge in [-0.2, -0.15) is 0 Å². The number of carbonyl (C=O) groups excluding carboxylic acids is 1. The molecule has 1 aliphatic heterocycles. The fourth-order valence-corrected chi connectivity index (χ4v) is 1.90. The van der Waals surface area contributed by atoms with Gasteiger partial charge in [-0.25, -0.2) is 0 Å². The fraction of sp³-hybridized carbons (Fsp3) is 0.583. The van der Waals surface area contributed by atoms with Gasteiger partial charge in [-0.05, 0) is 11.6 Å². The summed E-state index contributed by atoms with van der Waals surface area (Å²) in [6.45, 7) is 6.35. The maximum absolute atomic E-state index is 11.5. The summed E-state index contributed by atoms with van der Waals surface area (Å²) in [5.41, 5.74) is 1.91. The summed E-state index contributed by atoms with van der Waals surface area (Å²) >= 11 is 0. The van der Waals surface area contributed by atoms with Crippen LogP contribution in [0, 0.1) is 0 Å². The van der Waals surface area contributed by atoms with Crippen molar-refractivity contribution in [2.24, 2.45) is 0 Å². The highest BCUT2D eigenvalue weighted by Gasteiger charge is 2.12. The maximum atomic E-state index is 11.5. The van der Waals surface area contributed by atoms with Gasteiger partial charge >= 0.3 is 0 Å². The summed E-state index contributed by atoms with van der Waals surface area (Å²) in [4.78, 5) is 16.8. The quantitative estimate of drug-likeness (QED) is 0.784. The Labute approximate surface area is 95.6 Å². The van der Waals surface area contributed by atoms with Gasteiger partial charge in [0.2, 0.25) is 0 Å². The van der Waals surface area contributed by atoms with E-state index in [0.29, 0.717) is 6.42 Å². The Morgan fingerprint density at radius 2 is 2.25 bits per heavy atom. The summed E-state index contributed by atoms with van der Waals surface area (Å²) in [5, 5.41) is 0. The van der Waals surface area contributed by atoms with E-state index in [0.717, 1.165) is 38.5 Å². The number of rotatable bonds is 4. The second kappa shape index (κ2) is 5.27. The van der Waals surface area contributed by atoms with Crippen LogP contribution in [0.4, 0.5) is 0 Å². The Morgan fingerprint density at radius 3 is 2.94 bits per heavy atom. The standard InChI is InChI=1S/C12H18N2O2/c1-2-12(15)11-7-10(8-13-11)9-14-3-5-16-6-4-14/h7-8,13H,2-6,9H2,1H3. The fourth-order valence-electron chi connectivity index (χ4n) is 1.90. The van der Waals surface area contributed by atoms with Crippen LogP contribution in [0.25, 0.3) is 0 Å². The molecule has 0 saturated carbocycles. The summed E-state index contributed by atoms with van der Waals surface area (Å²) in [6, 6.07) is 1.96. The number of nitrogens with one attached hydrogen (secondary N) is 1. The van der Waals surface area contributed by atoms with Crippen LogP contribution in [0.3, 0.4) is 0 Å². The number of ketones is 1. The minimum Gasteiger partial charge on any atom is -0.379 e. The molecular formula is C12H18N2O2. The zero-order chi connectivity index (χ0) is 11.4. The van der Waals surface area contributed by atoms with Crippen molar-refractivity contribution < 1.29 is 9.53 Å². The zero-order valence-corrected chi connectivity index (χ0v) is 9.66. The molecule has 1 N–H and O–H groups in total. The molecule has 1 aromatic heterocycles. The van der Waals surface area contributed by atoms with E-state index in [4.69, 9.17) is 4.74 Å². The van der Waals surface area contributed by atoms with Crippen LogP contribution in [0.2, 0.25) is 0 Å². The number of aromatic amines is 1. The predicted octanol–water partition coefficient (Wildman–Crippen LogP) is 1.44. The lowest BCUT2D eigenvalue weighted by molar-refractivity contribution is 0.0342. The molecule has 1 saturated heterocycles. The number of ether oxygens (including phenoxy) is 1. The van der Waals surface area contributed by atoms with E-state index in [1.807, 2.05) is 19.2 Å². The van der Waals surface area contributed by atoms with Crippen LogP contribution in [0.1, 0.15) is 29.4 Å². The molecule has 88 valence electrons. The van der Waals surface area contributed by atoms with Crippen LogP contribution < -0.4 is 0 Å². The third-order valence-corrected chi connectivity index (χ3v) is 2.87. The third kappa shape index (κ3) is 2.71. The van der Waals surface area contributed by atoms with E-state index in [1.165, 1.54) is 5.56 Å². The third-order valence-electron chi connectivity index (χ3n) is 2.87. The van der Waals surface area contributed by atoms with Crippen LogP contribution >= 0.6 is 0 Å². The number of hydrogen-bond donors (Lipinski definition) is 1. The normalized spacial score (nSPS) is 17.6. The first-order valence-corrected chi connectivity index (χ1v) is 5.80. The lowest BCUT2D eigenvalue weighted by atomic mass is 10.2. The Kier molecular flexibility index (Phi) is 3.74. The monoisotopic (exact) mass is 222 g/mol. The Morgan fingerprint density at radius 1 is 1.50 bits per heavy atom. The van der Waals surface area contributed by atoms with Gasteiger partial charge in [-0.15, -0.1) is 0 Å². The first-order chi connectivity index (χ1) is 7.79. The van der Waals surface area contributed by atoms with Gasteiger partial charge in [0.05, 0.1) is 18.9 Å². The van der Waals surface area contributed by atoms with E-state index >= 15 is 0 Å². The van der Waals surface area contributed by atoms with Crippen molar-refractivity contribution in [1.29, 1.82) is 0 Å². The molecule has 0 radical (unpaired) electrons. The molecule has 16 heavy (non-hydrogen) atoms. The molecule has 0 aromatic carbocycles. The molecule has 1 aromatic rings. The van der Waals surface area contributed by atoms with Crippen molar-refractivity contribution in [3.05, 3.63) is 23.5 Å². The van der Waals surface area contributed by atoms with Crippen molar-refractivity contribution in [1.82, 2.24) is 9.88 Å². The summed E-state index contributed by atoms with van der Waals surface area (Å²) < 4.78 is 5.29. The molecule has 0 amide bonds. The van der Waals surface area contributed by atoms with Gasteiger partial charge in [0, 0.05) is 32.3 Å². The minimum absolute atomic E-state index is 0.174. The molecule has 0 bridgehead atoms. The Hall–Kier alpha value is -1.13. The van der Waals surface area contributed by atoms with E-state index in [-0.39, 0.29) is 5.78 Å². The number of morpholine rings is 1. The molecule has 0 unspecified atom stereocenters. The maximum Gasteiger partial charge on any atom is 0.178 e. The van der Waals surface area contributed by atoms with Crippen molar-refractivity contribution in [2.75, 3.05) is 26.3 Å². The molecule has 1 aliphatic rings. The van der Waals surface area contributed by atoms with Crippen molar-refractivity contribution >= 4 is 5.78 Å². The van der Waals surface area contributed by atoms with E-state index in [1.54, 1.807) is 0 Å². The van der Waals surface area contributed by atoms with Crippen molar-refractivity contribution in [3.63, 3.8) is 0 Å². The van der Waals surface area contributed by atoms with Gasteiger partial charge < -0.3 is 9.72 Å². The van der Waals surface area contributed by atoms with Gasteiger partial charge in [0.15, 0.2) is 5.78 Å². The minimum atomic E-state index is 0.174. The molecule has 0 atom stereocenters. The van der Waals surface area contributed by atoms with Crippen LogP contribution in [-0.2, 0) is 11.3 Å². The van der Waals surface area contributed by atoms with Gasteiger partial charge in [-0.1, -0.05) is 6.92 Å². The summed E-state index contributed by atoms with van der Waals surface area (Å²) in [6.07, 6.45) is 2.48. The molecule has 4 heteroatoms. The second-order valence-corrected chi connectivity index (χ2v) is 4.09. The molecule has 2 rings (SSSR count). The predicted molar refractivity (Wildman–Crippen MR) is 61.5 cm³/mol. The zero-order valence-electron chi connectivity index (χ0n) is 9.66. The highest BCUT2D eigenvalue weighted by molar-refractivity contribution is 5.94. The first kappa shape index (κ1) is 11.4. The van der Waals surface area contributed by atoms with Gasteiger partial charge in [0.1, 0.15) is 0 Å². The SMILES string of the molecule is CCC(=O)c1cc(CN2CCOCC2)c[nH]1. The van der Waals surface area contributed by atoms with Crippen molar-refractivity contribution in [3.8, 4) is 0 Å². The topological polar surface area (TPSA) is 45.3 Å². The van der Waals surface area contributed by atoms with Crippen molar-refractivity contribution in [2.45, 2.75) is 19.9 Å². The second-order valence-electron chi connectivity index (χ2n) is 4.09. The Balaban J connectivity index is 1.94. The Bertz CT molecular complexity index is 354. The average Bonchev–Trinajstić information content (AvgIpc) is 2.78. The smallest absolute Gasteiger partial charge is 0.178 e. The lowest BCUT2D eigenvalue weighted by Gasteiger charge is -2.25. The van der Waals surface area contributed by atoms with Crippen LogP contribution in [0.5, 0.6) is 0 Å². The first-order valence-electron chi connectivity index (χ1n) is 5.80. The number of carbonyl (C=O) groups is 1. The molecule has 1 fully saturated rings. The number of Topliss-reactive ketones (excluding diaryl/α,β-unsaturated/α-hetero) is 1. The number of H-pyrrole nitrogens is 1. The average molecular weight is 222 g/mol. The number of nitrogens with zero attached hydrogens (tertiary/aromatic N) is 1. The number of aromatic nitrogens is 1. The molecular weight excluding hydrogens is 204 g/mol. The largest absolute Gasteiger partial charge is 0.379 e. The highest BCUT2D eigenvalue weighted by Crippen LogP contribution is 2.10. The van der Waals surface area contributed by atoms with Crippen LogP contribution in [-0.4, -0.2) is 42.0 Å². The molecule has 0 aliphatic carbocycles. The van der Waals surface area contributed by atoms with Gasteiger partial charge in [-0.3, -0.25) is 9.69 Å². The highest BCUT2D eigenvalue weighted by atomic mass is 16.5. The van der Waals surface area contributed by atoms with Crippen LogP contribution in [0.15, 0.2) is 12.3 Å². The lowest BCUT2D eigenvalue weighted by Crippen LogP contribution is -2.35. The summed E-state index contributed by atoms with van der Waals surface area (Å²) in [5.74, 6) is 0.174. The summed E-state index contributed by atoms with van der Waals surface area (Å²) in [7, 11) is 0. The number of hydrogen-bond acceptors (Lipinski definition) is 3. The van der Waals surface area contributed by atoms with E-state index < -0.39 is 0 Å².